The van der Waals surface area contributed by atoms with Gasteiger partial charge in [-0.1, -0.05) is 44.5 Å². The molecular weight excluding hydrogens is 1030 g/mol. The van der Waals surface area contributed by atoms with Crippen molar-refractivity contribution < 1.29 is 93.3 Å². The van der Waals surface area contributed by atoms with Gasteiger partial charge in [0.05, 0.1) is 31.6 Å². The van der Waals surface area contributed by atoms with E-state index in [0.717, 1.165) is 11.8 Å². The number of rotatable bonds is 31. The molecule has 0 radical (unpaired) electrons. The lowest BCUT2D eigenvalue weighted by atomic mass is 9.97. The van der Waals surface area contributed by atoms with E-state index in [9.17, 15) is 88.2 Å². The second-order valence-corrected chi connectivity index (χ2v) is 18.7. The first-order valence-electron chi connectivity index (χ1n) is 24.6. The van der Waals surface area contributed by atoms with Gasteiger partial charge in [-0.15, -0.1) is 0 Å². The van der Waals surface area contributed by atoms with Gasteiger partial charge in [-0.05, 0) is 67.5 Å². The predicted molar refractivity (Wildman–Crippen MR) is 269 cm³/mol. The number of aliphatic carboxylic acids is 3. The summed E-state index contributed by atoms with van der Waals surface area (Å²) in [6.07, 6.45) is -4.81. The second-order valence-electron chi connectivity index (χ2n) is 18.7. The van der Waals surface area contributed by atoms with Gasteiger partial charge >= 0.3 is 17.9 Å². The van der Waals surface area contributed by atoms with Crippen LogP contribution in [0.25, 0.3) is 0 Å². The molecule has 3 rings (SSSR count). The van der Waals surface area contributed by atoms with Gasteiger partial charge in [-0.25, -0.2) is 4.79 Å². The van der Waals surface area contributed by atoms with E-state index < -0.39 is 183 Å². The number of nitrogens with one attached hydrogen (secondary N) is 7. The fourth-order valence-electron chi connectivity index (χ4n) is 8.01. The van der Waals surface area contributed by atoms with Gasteiger partial charge < -0.3 is 89.3 Å². The van der Waals surface area contributed by atoms with E-state index in [2.05, 4.69) is 37.2 Å². The van der Waals surface area contributed by atoms with Crippen molar-refractivity contribution in [2.75, 3.05) is 13.2 Å². The van der Waals surface area contributed by atoms with E-state index in [-0.39, 0.29) is 36.4 Å². The van der Waals surface area contributed by atoms with Gasteiger partial charge in [0.15, 0.2) is 0 Å². The molecule has 2 aromatic carbocycles. The molecule has 9 amide bonds. The van der Waals surface area contributed by atoms with Crippen molar-refractivity contribution in [1.29, 1.82) is 0 Å². The zero-order chi connectivity index (χ0) is 58.6. The number of primary amides is 1. The highest BCUT2D eigenvalue weighted by Crippen LogP contribution is 2.20. The van der Waals surface area contributed by atoms with E-state index in [4.69, 9.17) is 16.6 Å². The number of nitrogens with two attached hydrogens (primary N) is 2. The molecule has 0 aliphatic carbocycles. The van der Waals surface area contributed by atoms with Crippen molar-refractivity contribution in [1.82, 2.24) is 42.1 Å². The number of amides is 9. The molecule has 29 nitrogen and oxygen atoms in total. The molecule has 1 aliphatic heterocycles. The van der Waals surface area contributed by atoms with E-state index in [0.29, 0.717) is 12.0 Å². The fraction of sp³-hybridized carbons (Fsp3) is 0.510. The maximum Gasteiger partial charge on any atom is 0.326 e. The highest BCUT2D eigenvalue weighted by atomic mass is 16.4. The lowest BCUT2D eigenvalue weighted by Crippen LogP contribution is -2.63. The minimum atomic E-state index is -1.98. The number of carbonyl (C=O) groups excluding carboxylic acids is 9. The third-order valence-corrected chi connectivity index (χ3v) is 12.5. The SMILES string of the molecule is CC[C@H](C)[C@H](NC(=O)[C@@H](N)CC(=O)O)C(=O)N[C@@H](CC(N)=O)C(=O)N[C@@H](Cc1ccc(O)cc1)C(=O)N[C@@H](Cc1ccc(O)cc1)C(=O)N[C@H](C(=O)N[C@@H](CO)C(=O)N[C@@H](CCC(=O)O)C(=O)N1CCC[C@H]1C(=O)O)[C@@H](C)O. The average Bonchev–Trinajstić information content (AvgIpc) is 3.88. The molecule has 18 N–H and O–H groups in total. The number of aromatic hydroxyl groups is 2. The van der Waals surface area contributed by atoms with Crippen molar-refractivity contribution in [2.24, 2.45) is 17.4 Å². The first-order chi connectivity index (χ1) is 36.6. The number of phenols is 2. The molecule has 78 heavy (non-hydrogen) atoms. The molecule has 0 spiro atoms. The minimum absolute atomic E-state index is 0.0243. The Morgan fingerprint density at radius 1 is 0.603 bits per heavy atom. The fourth-order valence-corrected chi connectivity index (χ4v) is 8.01. The van der Waals surface area contributed by atoms with Crippen LogP contribution >= 0.6 is 0 Å². The molecule has 1 saturated heterocycles. The second kappa shape index (κ2) is 30.3. The molecule has 428 valence electrons. The first-order valence-corrected chi connectivity index (χ1v) is 24.6. The summed E-state index contributed by atoms with van der Waals surface area (Å²) in [5.74, 6) is -15.3. The number of aliphatic hydroxyl groups is 2. The number of nitrogens with zero attached hydrogens (tertiary/aromatic N) is 1. The van der Waals surface area contributed by atoms with Crippen LogP contribution in [0.4, 0.5) is 0 Å². The quantitative estimate of drug-likeness (QED) is 0.0337. The molecule has 0 unspecified atom stereocenters. The topological polar surface area (TPSA) is 486 Å². The highest BCUT2D eigenvalue weighted by Gasteiger charge is 2.40. The molecule has 1 aliphatic rings. The zero-order valence-corrected chi connectivity index (χ0v) is 42.9. The molecular formula is C49H68N10O19. The molecule has 2 aromatic rings. The van der Waals surface area contributed by atoms with Gasteiger partial charge in [0.2, 0.25) is 53.2 Å². The number of aliphatic hydroxyl groups excluding tert-OH is 2. The molecule has 1 heterocycles. The number of hydrogen-bond acceptors (Lipinski definition) is 17. The van der Waals surface area contributed by atoms with E-state index >= 15 is 0 Å². The van der Waals surface area contributed by atoms with Gasteiger partial charge in [0.25, 0.3) is 0 Å². The summed E-state index contributed by atoms with van der Waals surface area (Å²) in [7, 11) is 0. The normalized spacial score (nSPS) is 16.8. The molecule has 0 saturated carbocycles. The number of phenolic OH excluding ortho intramolecular Hbond substituents is 2. The summed E-state index contributed by atoms with van der Waals surface area (Å²) < 4.78 is 0. The standard InChI is InChI=1S/C49H68N10O19/c1-4-23(2)39(57-41(69)29(50)20-38(67)68)46(74)55-33(21-36(51)64)43(71)53-31(18-25-7-11-27(62)12-8-25)42(70)54-32(19-26-9-13-28(63)14-10-26)44(72)58-40(24(3)61)47(75)56-34(22-60)45(73)52-30(15-16-37(65)66)48(76)59-17-5-6-35(59)49(77)78/h7-14,23-24,29-35,39-40,60-63H,4-6,15-22,50H2,1-3H3,(H2,51,64)(H,52,73)(H,53,71)(H,54,70)(H,55,74)(H,56,75)(H,57,69)(H,58,72)(H,65,66)(H,67,68)(H,77,78)/t23-,24+,29-,30-,31-,32-,33-,34-,35-,39-,40-/m0/s1. The van der Waals surface area contributed by atoms with E-state index in [1.54, 1.807) is 13.8 Å². The van der Waals surface area contributed by atoms with Crippen LogP contribution in [0.1, 0.15) is 76.8 Å². The Morgan fingerprint density at radius 2 is 1.05 bits per heavy atom. The maximum absolute atomic E-state index is 14.5. The summed E-state index contributed by atoms with van der Waals surface area (Å²) in [5, 5.41) is 85.2. The Hall–Kier alpha value is -8.44. The van der Waals surface area contributed by atoms with Crippen LogP contribution in [0.2, 0.25) is 0 Å². The van der Waals surface area contributed by atoms with Crippen LogP contribution < -0.4 is 48.7 Å². The number of carboxylic acid groups (broad SMARTS) is 3. The highest BCUT2D eigenvalue weighted by molar-refractivity contribution is 5.99. The smallest absolute Gasteiger partial charge is 0.326 e. The van der Waals surface area contributed by atoms with Gasteiger partial charge in [0.1, 0.15) is 59.8 Å². The summed E-state index contributed by atoms with van der Waals surface area (Å²) >= 11 is 0. The molecule has 29 heteroatoms. The third kappa shape index (κ3) is 19.9. The van der Waals surface area contributed by atoms with E-state index in [1.807, 2.05) is 0 Å². The third-order valence-electron chi connectivity index (χ3n) is 12.5. The van der Waals surface area contributed by atoms with Crippen LogP contribution in [-0.2, 0) is 70.4 Å². The average molecular weight is 1100 g/mol. The molecule has 0 bridgehead atoms. The van der Waals surface area contributed by atoms with Crippen LogP contribution in [0.5, 0.6) is 11.5 Å². The van der Waals surface area contributed by atoms with Crippen molar-refractivity contribution in [3.63, 3.8) is 0 Å². The van der Waals surface area contributed by atoms with Crippen molar-refractivity contribution in [3.05, 3.63) is 59.7 Å². The Labute approximate surface area is 446 Å². The van der Waals surface area contributed by atoms with Crippen LogP contribution in [-0.4, -0.2) is 185 Å². The number of hydrogen-bond donors (Lipinski definition) is 16. The van der Waals surface area contributed by atoms with Crippen molar-refractivity contribution >= 4 is 71.1 Å². The summed E-state index contributed by atoms with van der Waals surface area (Å²) in [5.41, 5.74) is 11.7. The van der Waals surface area contributed by atoms with Crippen LogP contribution in [0.15, 0.2) is 48.5 Å². The van der Waals surface area contributed by atoms with E-state index in [1.165, 1.54) is 48.5 Å². The maximum atomic E-state index is 14.5. The zero-order valence-electron chi connectivity index (χ0n) is 42.9. The number of benzene rings is 2. The Bertz CT molecular complexity index is 2490. The monoisotopic (exact) mass is 1100 g/mol. The van der Waals surface area contributed by atoms with Gasteiger partial charge in [-0.3, -0.25) is 52.7 Å². The minimum Gasteiger partial charge on any atom is -0.508 e. The summed E-state index contributed by atoms with van der Waals surface area (Å²) in [4.78, 5) is 158. The molecule has 0 aromatic heterocycles. The Morgan fingerprint density at radius 3 is 1.51 bits per heavy atom. The van der Waals surface area contributed by atoms with Crippen LogP contribution in [0, 0.1) is 5.92 Å². The number of carbonyl (C=O) groups is 12. The molecule has 1 fully saturated rings. The van der Waals surface area contributed by atoms with Crippen molar-refractivity contribution in [2.45, 2.75) is 139 Å². The largest absolute Gasteiger partial charge is 0.508 e. The number of likely N-dealkylation sites (tertiary alicyclic amines) is 1. The Balaban J connectivity index is 1.96. The predicted octanol–water partition coefficient (Wildman–Crippen LogP) is -4.69. The van der Waals surface area contributed by atoms with Gasteiger partial charge in [0, 0.05) is 25.8 Å². The summed E-state index contributed by atoms with van der Waals surface area (Å²) in [6, 6.07) is -4.61. The first kappa shape index (κ1) is 63.8. The molecule has 11 atom stereocenters. The van der Waals surface area contributed by atoms with Crippen molar-refractivity contribution in [3.8, 4) is 11.5 Å². The number of carboxylic acids is 3. The summed E-state index contributed by atoms with van der Waals surface area (Å²) in [6.45, 7) is 3.08. The van der Waals surface area contributed by atoms with Crippen LogP contribution in [0.3, 0.4) is 0 Å². The van der Waals surface area contributed by atoms with Gasteiger partial charge in [-0.2, -0.15) is 0 Å². The lowest BCUT2D eigenvalue weighted by Gasteiger charge is -2.29. The Kier molecular flexibility index (Phi) is 24.8. The lowest BCUT2D eigenvalue weighted by molar-refractivity contribution is -0.150.